The third-order valence-corrected chi connectivity index (χ3v) is 4.45. The predicted octanol–water partition coefficient (Wildman–Crippen LogP) is 2.31. The molecule has 1 aromatic rings. The summed E-state index contributed by atoms with van der Waals surface area (Å²) in [5, 5.41) is 6.97. The van der Waals surface area contributed by atoms with E-state index in [0.29, 0.717) is 0 Å². The summed E-state index contributed by atoms with van der Waals surface area (Å²) in [6, 6.07) is 0. The van der Waals surface area contributed by atoms with Crippen molar-refractivity contribution in [3.05, 3.63) is 16.1 Å². The van der Waals surface area contributed by atoms with Crippen molar-refractivity contribution in [2.75, 3.05) is 20.3 Å². The van der Waals surface area contributed by atoms with Crippen LogP contribution in [-0.4, -0.2) is 25.2 Å². The highest BCUT2D eigenvalue weighted by molar-refractivity contribution is 7.09. The molecule has 1 saturated carbocycles. The number of methoxy groups -OCH3 is 1. The number of thiazole rings is 1. The van der Waals surface area contributed by atoms with Gasteiger partial charge in [0.25, 0.3) is 0 Å². The van der Waals surface area contributed by atoms with Gasteiger partial charge in [-0.1, -0.05) is 0 Å². The Bertz CT molecular complexity index is 349. The molecule has 4 heteroatoms. The summed E-state index contributed by atoms with van der Waals surface area (Å²) in [5.41, 5.74) is 1.18. The Morgan fingerprint density at radius 3 is 2.88 bits per heavy atom. The standard InChI is InChI=1S/C12H20N2OS/c1-9-8-16-11(14-9)12(2,10-4-5-10)13-6-7-15-3/h8,10,13H,4-7H2,1-3H3. The van der Waals surface area contributed by atoms with Gasteiger partial charge in [0.2, 0.25) is 0 Å². The van der Waals surface area contributed by atoms with Crippen LogP contribution in [0.4, 0.5) is 0 Å². The van der Waals surface area contributed by atoms with E-state index in [-0.39, 0.29) is 5.54 Å². The molecule has 1 fully saturated rings. The number of nitrogens with zero attached hydrogens (tertiary/aromatic N) is 1. The first-order chi connectivity index (χ1) is 7.66. The van der Waals surface area contributed by atoms with Crippen LogP contribution >= 0.6 is 11.3 Å². The highest BCUT2D eigenvalue weighted by atomic mass is 32.1. The molecule has 1 aliphatic rings. The zero-order valence-corrected chi connectivity index (χ0v) is 11.1. The van der Waals surface area contributed by atoms with Gasteiger partial charge in [0.05, 0.1) is 12.1 Å². The summed E-state index contributed by atoms with van der Waals surface area (Å²) in [5.74, 6) is 0.745. The maximum atomic E-state index is 5.10. The minimum atomic E-state index is 0.0530. The lowest BCUT2D eigenvalue weighted by atomic mass is 9.96. The fourth-order valence-corrected chi connectivity index (χ4v) is 3.08. The number of aryl methyl sites for hydroxylation is 1. The first-order valence-electron chi connectivity index (χ1n) is 5.83. The second-order valence-corrected chi connectivity index (χ2v) is 5.55. The maximum Gasteiger partial charge on any atom is 0.113 e. The van der Waals surface area contributed by atoms with Crippen molar-refractivity contribution in [1.82, 2.24) is 10.3 Å². The third-order valence-electron chi connectivity index (χ3n) is 3.26. The predicted molar refractivity (Wildman–Crippen MR) is 66.8 cm³/mol. The highest BCUT2D eigenvalue weighted by Gasteiger charge is 2.44. The summed E-state index contributed by atoms with van der Waals surface area (Å²) >= 11 is 1.77. The molecule has 2 rings (SSSR count). The molecule has 0 aliphatic heterocycles. The van der Waals surface area contributed by atoms with Crippen molar-refractivity contribution in [1.29, 1.82) is 0 Å². The van der Waals surface area contributed by atoms with Gasteiger partial charge in [-0.2, -0.15) is 0 Å². The average Bonchev–Trinajstić information content (AvgIpc) is 3.02. The number of nitrogens with one attached hydrogen (secondary N) is 1. The zero-order valence-electron chi connectivity index (χ0n) is 10.2. The molecule has 0 radical (unpaired) electrons. The van der Waals surface area contributed by atoms with Crippen LogP contribution in [0, 0.1) is 12.8 Å². The van der Waals surface area contributed by atoms with Crippen molar-refractivity contribution in [2.24, 2.45) is 5.92 Å². The molecule has 1 atom stereocenters. The van der Waals surface area contributed by atoms with Crippen LogP contribution in [0.1, 0.15) is 30.5 Å². The summed E-state index contributed by atoms with van der Waals surface area (Å²) in [6.07, 6.45) is 2.63. The fourth-order valence-electron chi connectivity index (χ4n) is 2.06. The monoisotopic (exact) mass is 240 g/mol. The maximum absolute atomic E-state index is 5.10. The molecule has 0 amide bonds. The van der Waals surface area contributed by atoms with E-state index >= 15 is 0 Å². The van der Waals surface area contributed by atoms with Crippen LogP contribution in [-0.2, 0) is 10.3 Å². The number of rotatable bonds is 6. The Morgan fingerprint density at radius 1 is 1.62 bits per heavy atom. The van der Waals surface area contributed by atoms with Crippen molar-refractivity contribution in [2.45, 2.75) is 32.2 Å². The molecule has 0 spiro atoms. The van der Waals surface area contributed by atoms with Crippen LogP contribution in [0.5, 0.6) is 0 Å². The first-order valence-corrected chi connectivity index (χ1v) is 6.71. The Hall–Kier alpha value is -0.450. The molecule has 1 aromatic heterocycles. The van der Waals surface area contributed by atoms with Gasteiger partial charge in [0.1, 0.15) is 5.01 Å². The quantitative estimate of drug-likeness (QED) is 0.775. The molecular formula is C12H20N2OS. The number of aromatic nitrogens is 1. The van der Waals surface area contributed by atoms with Crippen molar-refractivity contribution in [3.63, 3.8) is 0 Å². The van der Waals surface area contributed by atoms with Crippen molar-refractivity contribution in [3.8, 4) is 0 Å². The van der Waals surface area contributed by atoms with Gasteiger partial charge in [-0.25, -0.2) is 4.98 Å². The van der Waals surface area contributed by atoms with Crippen LogP contribution in [0.15, 0.2) is 5.38 Å². The van der Waals surface area contributed by atoms with Gasteiger partial charge < -0.3 is 10.1 Å². The summed E-state index contributed by atoms with van der Waals surface area (Å²) in [7, 11) is 1.74. The van der Waals surface area contributed by atoms with Crippen LogP contribution in [0.25, 0.3) is 0 Å². The molecule has 1 unspecified atom stereocenters. The lowest BCUT2D eigenvalue weighted by Crippen LogP contribution is -2.43. The molecular weight excluding hydrogens is 220 g/mol. The average molecular weight is 240 g/mol. The van der Waals surface area contributed by atoms with E-state index in [9.17, 15) is 0 Å². The SMILES string of the molecule is COCCNC(C)(c1nc(C)cs1)C1CC1. The van der Waals surface area contributed by atoms with Gasteiger partial charge in [0, 0.05) is 24.7 Å². The minimum Gasteiger partial charge on any atom is -0.383 e. The van der Waals surface area contributed by atoms with E-state index in [1.807, 2.05) is 0 Å². The topological polar surface area (TPSA) is 34.1 Å². The van der Waals surface area contributed by atoms with Gasteiger partial charge >= 0.3 is 0 Å². The van der Waals surface area contributed by atoms with E-state index in [2.05, 4.69) is 29.5 Å². The highest BCUT2D eigenvalue weighted by Crippen LogP contribution is 2.46. The number of hydrogen-bond donors (Lipinski definition) is 1. The summed E-state index contributed by atoms with van der Waals surface area (Å²) < 4.78 is 5.10. The first kappa shape index (κ1) is 12.0. The zero-order chi connectivity index (χ0) is 11.6. The smallest absolute Gasteiger partial charge is 0.113 e. The summed E-state index contributed by atoms with van der Waals surface area (Å²) in [4.78, 5) is 4.64. The van der Waals surface area contributed by atoms with E-state index in [1.54, 1.807) is 18.4 Å². The molecule has 90 valence electrons. The lowest BCUT2D eigenvalue weighted by molar-refractivity contribution is 0.181. The van der Waals surface area contributed by atoms with Gasteiger partial charge in [-0.15, -0.1) is 11.3 Å². The van der Waals surface area contributed by atoms with Gasteiger partial charge in [-0.05, 0) is 32.6 Å². The Balaban J connectivity index is 2.08. The molecule has 16 heavy (non-hydrogen) atoms. The van der Waals surface area contributed by atoms with Crippen molar-refractivity contribution >= 4 is 11.3 Å². The molecule has 1 aliphatic carbocycles. The van der Waals surface area contributed by atoms with E-state index in [4.69, 9.17) is 4.74 Å². The van der Waals surface area contributed by atoms with E-state index in [1.165, 1.54) is 17.8 Å². The molecule has 0 aromatic carbocycles. The number of ether oxygens (including phenoxy) is 1. The molecule has 3 nitrogen and oxygen atoms in total. The van der Waals surface area contributed by atoms with Crippen LogP contribution in [0.3, 0.4) is 0 Å². The molecule has 0 saturated heterocycles. The second-order valence-electron chi connectivity index (χ2n) is 4.69. The normalized spacial score (nSPS) is 19.7. The molecule has 1 N–H and O–H groups in total. The van der Waals surface area contributed by atoms with Crippen molar-refractivity contribution < 1.29 is 4.74 Å². The van der Waals surface area contributed by atoms with Gasteiger partial charge in [-0.3, -0.25) is 0 Å². The second kappa shape index (κ2) is 4.82. The fraction of sp³-hybridized carbons (Fsp3) is 0.750. The minimum absolute atomic E-state index is 0.0530. The molecule has 1 heterocycles. The van der Waals surface area contributed by atoms with E-state index in [0.717, 1.165) is 24.8 Å². The third kappa shape index (κ3) is 2.44. The molecule has 0 bridgehead atoms. The Labute approximate surface area is 101 Å². The Morgan fingerprint density at radius 2 is 2.38 bits per heavy atom. The van der Waals surface area contributed by atoms with Crippen LogP contribution < -0.4 is 5.32 Å². The Kier molecular flexibility index (Phi) is 3.62. The summed E-state index contributed by atoms with van der Waals surface area (Å²) in [6.45, 7) is 5.98. The van der Waals surface area contributed by atoms with E-state index < -0.39 is 0 Å². The van der Waals surface area contributed by atoms with Gasteiger partial charge in [0.15, 0.2) is 0 Å². The number of hydrogen-bond acceptors (Lipinski definition) is 4. The lowest BCUT2D eigenvalue weighted by Gasteiger charge is -2.29. The van der Waals surface area contributed by atoms with Crippen LogP contribution in [0.2, 0.25) is 0 Å². The largest absolute Gasteiger partial charge is 0.383 e.